The van der Waals surface area contributed by atoms with Crippen molar-refractivity contribution >= 4 is 32.9 Å². The van der Waals surface area contributed by atoms with Crippen molar-refractivity contribution in [2.24, 2.45) is 0 Å². The van der Waals surface area contributed by atoms with Gasteiger partial charge < -0.3 is 15.4 Å². The Bertz CT molecular complexity index is 972. The Labute approximate surface area is 165 Å². The molecule has 1 amide bonds. The Hall–Kier alpha value is -2.22. The van der Waals surface area contributed by atoms with Crippen LogP contribution in [0.3, 0.4) is 0 Å². The molecule has 0 bridgehead atoms. The van der Waals surface area contributed by atoms with Gasteiger partial charge in [-0.2, -0.15) is 0 Å². The second-order valence-corrected chi connectivity index (χ2v) is 7.78. The van der Waals surface area contributed by atoms with Gasteiger partial charge in [0, 0.05) is 30.7 Å². The topological polar surface area (TPSA) is 81.2 Å². The number of imidazole rings is 1. The predicted octanol–water partition coefficient (Wildman–Crippen LogP) is 2.47. The van der Waals surface area contributed by atoms with Gasteiger partial charge >= 0.3 is 0 Å². The van der Waals surface area contributed by atoms with E-state index in [4.69, 9.17) is 0 Å². The third kappa shape index (κ3) is 4.21. The van der Waals surface area contributed by atoms with Gasteiger partial charge in [0.15, 0.2) is 5.82 Å². The highest BCUT2D eigenvalue weighted by atomic mass is 79.9. The summed E-state index contributed by atoms with van der Waals surface area (Å²) in [5.41, 5.74) is 4.22. The Morgan fingerprint density at radius 2 is 2.11 bits per heavy atom. The van der Waals surface area contributed by atoms with Crippen molar-refractivity contribution in [1.29, 1.82) is 0 Å². The number of nitrogens with zero attached hydrogens (tertiary/aromatic N) is 2. The quantitative estimate of drug-likeness (QED) is 0.582. The van der Waals surface area contributed by atoms with Crippen molar-refractivity contribution in [3.05, 3.63) is 63.9 Å². The van der Waals surface area contributed by atoms with Crippen molar-refractivity contribution in [3.8, 4) is 0 Å². The highest BCUT2D eigenvalue weighted by Gasteiger charge is 2.19. The van der Waals surface area contributed by atoms with E-state index >= 15 is 0 Å². The maximum Gasteiger partial charge on any atom is 0.287 e. The summed E-state index contributed by atoms with van der Waals surface area (Å²) in [4.78, 5) is 21.8. The van der Waals surface area contributed by atoms with Crippen molar-refractivity contribution in [2.45, 2.75) is 19.1 Å². The number of rotatable bonds is 5. The fourth-order valence-corrected chi connectivity index (χ4v) is 3.80. The van der Waals surface area contributed by atoms with E-state index in [1.807, 2.05) is 24.3 Å². The van der Waals surface area contributed by atoms with E-state index < -0.39 is 6.10 Å². The largest absolute Gasteiger partial charge is 0.390 e. The summed E-state index contributed by atoms with van der Waals surface area (Å²) in [6.45, 7) is 2.47. The fraction of sp³-hybridized carbons (Fsp3) is 0.300. The molecule has 1 aromatic heterocycles. The second-order valence-electron chi connectivity index (χ2n) is 6.86. The lowest BCUT2D eigenvalue weighted by Crippen LogP contribution is -2.42. The van der Waals surface area contributed by atoms with Gasteiger partial charge in [-0.3, -0.25) is 9.69 Å². The van der Waals surface area contributed by atoms with Crippen LogP contribution in [0.1, 0.15) is 21.7 Å². The van der Waals surface area contributed by atoms with Crippen LogP contribution in [0.25, 0.3) is 11.0 Å². The molecule has 1 aliphatic rings. The van der Waals surface area contributed by atoms with Crippen LogP contribution in [0.5, 0.6) is 0 Å². The molecule has 1 aliphatic heterocycles. The first kappa shape index (κ1) is 18.2. The zero-order chi connectivity index (χ0) is 18.8. The van der Waals surface area contributed by atoms with Crippen molar-refractivity contribution in [3.63, 3.8) is 0 Å². The molecule has 4 rings (SSSR count). The lowest BCUT2D eigenvalue weighted by molar-refractivity contribution is 0.0835. The lowest BCUT2D eigenvalue weighted by Gasteiger charge is -2.30. The lowest BCUT2D eigenvalue weighted by atomic mass is 10.00. The molecule has 0 radical (unpaired) electrons. The SMILES string of the molecule is O=C(NC[C@H](O)CN1CCc2ccccc2C1)c1nc2cc(Br)ccc2[nH]1. The number of aliphatic hydroxyl groups is 1. The molecular formula is C20H21BrN4O2. The average molecular weight is 429 g/mol. The molecular weight excluding hydrogens is 408 g/mol. The molecule has 0 saturated heterocycles. The number of fused-ring (bicyclic) bond motifs is 2. The van der Waals surface area contributed by atoms with E-state index in [2.05, 4.69) is 54.3 Å². The van der Waals surface area contributed by atoms with Gasteiger partial charge in [-0.15, -0.1) is 0 Å². The molecule has 3 N–H and O–H groups in total. The molecule has 27 heavy (non-hydrogen) atoms. The van der Waals surface area contributed by atoms with Gasteiger partial charge in [-0.05, 0) is 35.7 Å². The van der Waals surface area contributed by atoms with Gasteiger partial charge in [0.1, 0.15) is 0 Å². The minimum Gasteiger partial charge on any atom is -0.390 e. The number of halogens is 1. The highest BCUT2D eigenvalue weighted by Crippen LogP contribution is 2.19. The summed E-state index contributed by atoms with van der Waals surface area (Å²) >= 11 is 3.39. The zero-order valence-corrected chi connectivity index (χ0v) is 16.4. The molecule has 0 fully saturated rings. The van der Waals surface area contributed by atoms with Gasteiger partial charge in [0.05, 0.1) is 17.1 Å². The molecule has 0 spiro atoms. The number of carbonyl (C=O) groups excluding carboxylic acids is 1. The standard InChI is InChI=1S/C20H21BrN4O2/c21-15-5-6-17-18(9-15)24-19(23-17)20(27)22-10-16(26)12-25-8-7-13-3-1-2-4-14(13)11-25/h1-6,9,16,26H,7-8,10-12H2,(H,22,27)(H,23,24)/t16-/m0/s1. The van der Waals surface area contributed by atoms with Crippen LogP contribution in [-0.2, 0) is 13.0 Å². The number of H-pyrrole nitrogens is 1. The number of nitrogens with one attached hydrogen (secondary N) is 2. The predicted molar refractivity (Wildman–Crippen MR) is 108 cm³/mol. The van der Waals surface area contributed by atoms with Crippen LogP contribution in [-0.4, -0.2) is 51.6 Å². The Kier molecular flexibility index (Phi) is 5.24. The fourth-order valence-electron chi connectivity index (χ4n) is 3.45. The number of amides is 1. The summed E-state index contributed by atoms with van der Waals surface area (Å²) in [5.74, 6) is -0.0624. The van der Waals surface area contributed by atoms with E-state index in [1.165, 1.54) is 11.1 Å². The van der Waals surface area contributed by atoms with Gasteiger partial charge in [-0.25, -0.2) is 4.98 Å². The van der Waals surface area contributed by atoms with E-state index in [0.29, 0.717) is 6.54 Å². The summed E-state index contributed by atoms with van der Waals surface area (Å²) in [7, 11) is 0. The van der Waals surface area contributed by atoms with Crippen molar-refractivity contribution < 1.29 is 9.90 Å². The van der Waals surface area contributed by atoms with Crippen LogP contribution in [0.4, 0.5) is 0 Å². The first-order chi connectivity index (χ1) is 13.1. The Balaban J connectivity index is 1.31. The molecule has 3 aromatic rings. The van der Waals surface area contributed by atoms with Gasteiger partial charge in [0.25, 0.3) is 5.91 Å². The molecule has 2 aromatic carbocycles. The molecule has 2 heterocycles. The van der Waals surface area contributed by atoms with E-state index in [-0.39, 0.29) is 18.3 Å². The number of benzene rings is 2. The number of aromatic nitrogens is 2. The monoisotopic (exact) mass is 428 g/mol. The first-order valence-corrected chi connectivity index (χ1v) is 9.78. The molecule has 6 nitrogen and oxygen atoms in total. The normalized spacial score (nSPS) is 15.5. The third-order valence-corrected chi connectivity index (χ3v) is 5.33. The molecule has 7 heteroatoms. The smallest absolute Gasteiger partial charge is 0.287 e. The van der Waals surface area contributed by atoms with Gasteiger partial charge in [0.2, 0.25) is 0 Å². The minimum atomic E-state index is -0.627. The average Bonchev–Trinajstić information content (AvgIpc) is 3.09. The Morgan fingerprint density at radius 1 is 1.30 bits per heavy atom. The number of aromatic amines is 1. The molecule has 0 aliphatic carbocycles. The van der Waals surface area contributed by atoms with Crippen molar-refractivity contribution in [2.75, 3.05) is 19.6 Å². The maximum atomic E-state index is 12.3. The van der Waals surface area contributed by atoms with E-state index in [0.717, 1.165) is 35.0 Å². The third-order valence-electron chi connectivity index (χ3n) is 4.84. The number of aliphatic hydroxyl groups excluding tert-OH is 1. The number of carbonyl (C=O) groups is 1. The van der Waals surface area contributed by atoms with Crippen molar-refractivity contribution in [1.82, 2.24) is 20.2 Å². The van der Waals surface area contributed by atoms with E-state index in [9.17, 15) is 9.90 Å². The van der Waals surface area contributed by atoms with Crippen LogP contribution in [0.15, 0.2) is 46.9 Å². The summed E-state index contributed by atoms with van der Waals surface area (Å²) in [5, 5.41) is 13.1. The van der Waals surface area contributed by atoms with Crippen LogP contribution in [0.2, 0.25) is 0 Å². The number of hydrogen-bond donors (Lipinski definition) is 3. The number of hydrogen-bond acceptors (Lipinski definition) is 4. The summed E-state index contributed by atoms with van der Waals surface area (Å²) < 4.78 is 0.909. The number of β-amino-alcohol motifs (C(OH)–C–C–N with tert-alkyl or cyclic N) is 1. The second kappa shape index (κ2) is 7.80. The molecule has 0 saturated carbocycles. The minimum absolute atomic E-state index is 0.192. The van der Waals surface area contributed by atoms with Gasteiger partial charge in [-0.1, -0.05) is 40.2 Å². The van der Waals surface area contributed by atoms with Crippen LogP contribution < -0.4 is 5.32 Å². The van der Waals surface area contributed by atoms with E-state index in [1.54, 1.807) is 0 Å². The highest BCUT2D eigenvalue weighted by molar-refractivity contribution is 9.10. The summed E-state index contributed by atoms with van der Waals surface area (Å²) in [6.07, 6.45) is 0.363. The molecule has 140 valence electrons. The van der Waals surface area contributed by atoms with Crippen LogP contribution in [0, 0.1) is 0 Å². The molecule has 1 atom stereocenters. The zero-order valence-electron chi connectivity index (χ0n) is 14.8. The maximum absolute atomic E-state index is 12.3. The Morgan fingerprint density at radius 3 is 2.96 bits per heavy atom. The first-order valence-electron chi connectivity index (χ1n) is 8.99. The molecule has 0 unspecified atom stereocenters. The van der Waals surface area contributed by atoms with Crippen LogP contribution >= 0.6 is 15.9 Å². The summed E-state index contributed by atoms with van der Waals surface area (Å²) in [6, 6.07) is 14.0.